The van der Waals surface area contributed by atoms with Gasteiger partial charge in [0.2, 0.25) is 0 Å². The van der Waals surface area contributed by atoms with Gasteiger partial charge in [0, 0.05) is 12.6 Å². The zero-order valence-corrected chi connectivity index (χ0v) is 9.97. The van der Waals surface area contributed by atoms with E-state index in [1.807, 2.05) is 0 Å². The van der Waals surface area contributed by atoms with Crippen LogP contribution in [-0.4, -0.2) is 35.6 Å². The van der Waals surface area contributed by atoms with Crippen molar-refractivity contribution in [2.75, 3.05) is 13.2 Å². The number of aliphatic hydroxyl groups excluding tert-OH is 1. The second-order valence-electron chi connectivity index (χ2n) is 4.50. The summed E-state index contributed by atoms with van der Waals surface area (Å²) in [7, 11) is 0. The van der Waals surface area contributed by atoms with E-state index < -0.39 is 6.10 Å². The highest BCUT2D eigenvalue weighted by Gasteiger charge is 2.16. The van der Waals surface area contributed by atoms with Crippen LogP contribution in [0.25, 0.3) is 0 Å². The summed E-state index contributed by atoms with van der Waals surface area (Å²) in [5.41, 5.74) is 0. The predicted octanol–water partition coefficient (Wildman–Crippen LogP) is 1.08. The fourth-order valence-electron chi connectivity index (χ4n) is 2.06. The topological polar surface area (TPSA) is 67.5 Å². The molecule has 1 unspecified atom stereocenters. The molecule has 1 aliphatic rings. The van der Waals surface area contributed by atoms with Crippen molar-refractivity contribution in [3.63, 3.8) is 0 Å². The molecule has 5 nitrogen and oxygen atoms in total. The normalized spacial score (nSPS) is 18.6. The number of hydrogen-bond donors (Lipinski definition) is 2. The molecule has 17 heavy (non-hydrogen) atoms. The number of ether oxygens (including phenoxy) is 1. The van der Waals surface area contributed by atoms with Gasteiger partial charge >= 0.3 is 0 Å². The monoisotopic (exact) mass is 240 g/mol. The van der Waals surface area contributed by atoms with Crippen molar-refractivity contribution < 1.29 is 14.4 Å². The minimum atomic E-state index is -0.460. The highest BCUT2D eigenvalue weighted by molar-refractivity contribution is 4.91. The van der Waals surface area contributed by atoms with E-state index in [9.17, 15) is 5.11 Å². The van der Waals surface area contributed by atoms with Gasteiger partial charge in [0.15, 0.2) is 0 Å². The molecule has 0 aliphatic heterocycles. The second kappa shape index (κ2) is 6.74. The van der Waals surface area contributed by atoms with Gasteiger partial charge in [0.05, 0.1) is 31.6 Å². The minimum Gasteiger partial charge on any atom is -0.389 e. The Kier molecular flexibility index (Phi) is 4.97. The first-order chi connectivity index (χ1) is 8.34. The molecule has 1 saturated carbocycles. The summed E-state index contributed by atoms with van der Waals surface area (Å²) in [5.74, 6) is 0.772. The first-order valence-electron chi connectivity index (χ1n) is 6.24. The number of rotatable bonds is 7. The van der Waals surface area contributed by atoms with Crippen LogP contribution in [0.4, 0.5) is 0 Å². The molecular formula is C12H20N2O3. The molecule has 0 radical (unpaired) electrons. The van der Waals surface area contributed by atoms with Gasteiger partial charge in [0.25, 0.3) is 0 Å². The quantitative estimate of drug-likeness (QED) is 0.746. The van der Waals surface area contributed by atoms with E-state index in [-0.39, 0.29) is 0 Å². The van der Waals surface area contributed by atoms with Gasteiger partial charge in [-0.1, -0.05) is 18.0 Å². The molecule has 1 atom stereocenters. The Labute approximate surface area is 101 Å². The summed E-state index contributed by atoms with van der Waals surface area (Å²) in [4.78, 5) is 0. The third kappa shape index (κ3) is 4.46. The number of aliphatic hydroxyl groups is 1. The lowest BCUT2D eigenvalue weighted by Gasteiger charge is -2.15. The average molecular weight is 240 g/mol. The molecule has 5 heteroatoms. The Hall–Kier alpha value is -0.910. The predicted molar refractivity (Wildman–Crippen MR) is 62.4 cm³/mol. The van der Waals surface area contributed by atoms with Crippen LogP contribution in [0.2, 0.25) is 0 Å². The van der Waals surface area contributed by atoms with Crippen LogP contribution >= 0.6 is 0 Å². The summed E-state index contributed by atoms with van der Waals surface area (Å²) in [5, 5.41) is 16.4. The Bertz CT molecular complexity index is 297. The number of hydrogen-bond acceptors (Lipinski definition) is 5. The minimum absolute atomic E-state index is 0.360. The van der Waals surface area contributed by atoms with E-state index in [1.165, 1.54) is 12.8 Å². The van der Waals surface area contributed by atoms with Gasteiger partial charge in [-0.15, -0.1) is 0 Å². The Balaban J connectivity index is 1.52. The third-order valence-electron chi connectivity index (χ3n) is 3.00. The van der Waals surface area contributed by atoms with Crippen LogP contribution in [0, 0.1) is 0 Å². The fraction of sp³-hybridized carbons (Fsp3) is 0.750. The van der Waals surface area contributed by atoms with Gasteiger partial charge < -0.3 is 19.7 Å². The molecule has 1 aromatic heterocycles. The first-order valence-corrected chi connectivity index (χ1v) is 6.24. The molecule has 0 saturated heterocycles. The largest absolute Gasteiger partial charge is 0.389 e. The summed E-state index contributed by atoms with van der Waals surface area (Å²) in [6.45, 7) is 1.50. The number of aromatic nitrogens is 1. The SMILES string of the molecule is OC(CNCc1ccno1)COC1CCCC1. The molecule has 1 aromatic rings. The lowest BCUT2D eigenvalue weighted by molar-refractivity contribution is -0.00563. The summed E-state index contributed by atoms with van der Waals surface area (Å²) >= 11 is 0. The van der Waals surface area contributed by atoms with Gasteiger partial charge in [-0.05, 0) is 12.8 Å². The van der Waals surface area contributed by atoms with Crippen molar-refractivity contribution in [2.45, 2.75) is 44.4 Å². The molecule has 1 heterocycles. The molecule has 0 aromatic carbocycles. The maximum absolute atomic E-state index is 9.70. The third-order valence-corrected chi connectivity index (χ3v) is 3.00. The maximum Gasteiger partial charge on any atom is 0.150 e. The van der Waals surface area contributed by atoms with E-state index in [4.69, 9.17) is 9.26 Å². The summed E-state index contributed by atoms with van der Waals surface area (Å²) in [6, 6.07) is 1.80. The van der Waals surface area contributed by atoms with Crippen LogP contribution in [0.15, 0.2) is 16.8 Å². The molecular weight excluding hydrogens is 220 g/mol. The average Bonchev–Trinajstić information content (AvgIpc) is 2.99. The molecule has 2 rings (SSSR count). The van der Waals surface area contributed by atoms with Crippen LogP contribution in [0.5, 0.6) is 0 Å². The number of nitrogens with zero attached hydrogens (tertiary/aromatic N) is 1. The van der Waals surface area contributed by atoms with E-state index in [0.29, 0.717) is 25.8 Å². The highest BCUT2D eigenvalue weighted by atomic mass is 16.5. The van der Waals surface area contributed by atoms with Crippen molar-refractivity contribution in [2.24, 2.45) is 0 Å². The lowest BCUT2D eigenvalue weighted by Crippen LogP contribution is -2.31. The highest BCUT2D eigenvalue weighted by Crippen LogP contribution is 2.20. The summed E-state index contributed by atoms with van der Waals surface area (Å²) in [6.07, 6.45) is 6.29. The molecule has 0 amide bonds. The van der Waals surface area contributed by atoms with Crippen LogP contribution in [-0.2, 0) is 11.3 Å². The molecule has 1 aliphatic carbocycles. The lowest BCUT2D eigenvalue weighted by atomic mass is 10.3. The van der Waals surface area contributed by atoms with Crippen molar-refractivity contribution in [3.8, 4) is 0 Å². The Morgan fingerprint density at radius 3 is 3.06 bits per heavy atom. The van der Waals surface area contributed by atoms with E-state index in [0.717, 1.165) is 18.6 Å². The molecule has 0 spiro atoms. The van der Waals surface area contributed by atoms with Crippen LogP contribution in [0.3, 0.4) is 0 Å². The fourth-order valence-corrected chi connectivity index (χ4v) is 2.06. The van der Waals surface area contributed by atoms with Crippen molar-refractivity contribution >= 4 is 0 Å². The Morgan fingerprint density at radius 2 is 2.35 bits per heavy atom. The summed E-state index contributed by atoms with van der Waals surface area (Å²) < 4.78 is 10.6. The van der Waals surface area contributed by atoms with Crippen LogP contribution in [0.1, 0.15) is 31.4 Å². The van der Waals surface area contributed by atoms with Crippen molar-refractivity contribution in [1.82, 2.24) is 10.5 Å². The zero-order valence-electron chi connectivity index (χ0n) is 9.97. The molecule has 2 N–H and O–H groups in total. The first kappa shape index (κ1) is 12.5. The van der Waals surface area contributed by atoms with E-state index in [1.54, 1.807) is 12.3 Å². The van der Waals surface area contributed by atoms with Gasteiger partial charge in [-0.25, -0.2) is 0 Å². The van der Waals surface area contributed by atoms with Gasteiger partial charge in [0.1, 0.15) is 5.76 Å². The second-order valence-corrected chi connectivity index (χ2v) is 4.50. The Morgan fingerprint density at radius 1 is 1.53 bits per heavy atom. The van der Waals surface area contributed by atoms with Crippen molar-refractivity contribution in [1.29, 1.82) is 0 Å². The zero-order chi connectivity index (χ0) is 11.9. The van der Waals surface area contributed by atoms with E-state index in [2.05, 4.69) is 10.5 Å². The number of nitrogens with one attached hydrogen (secondary N) is 1. The smallest absolute Gasteiger partial charge is 0.150 e. The molecule has 96 valence electrons. The standard InChI is InChI=1S/C12H20N2O3/c15-10(9-16-11-3-1-2-4-11)7-13-8-12-5-6-14-17-12/h5-6,10-11,13,15H,1-4,7-9H2. The van der Waals surface area contributed by atoms with Crippen LogP contribution < -0.4 is 5.32 Å². The van der Waals surface area contributed by atoms with Gasteiger partial charge in [-0.3, -0.25) is 0 Å². The maximum atomic E-state index is 9.70. The molecule has 0 bridgehead atoms. The van der Waals surface area contributed by atoms with E-state index >= 15 is 0 Å². The molecule has 1 fully saturated rings. The van der Waals surface area contributed by atoms with Crippen molar-refractivity contribution in [3.05, 3.63) is 18.0 Å². The van der Waals surface area contributed by atoms with Gasteiger partial charge in [-0.2, -0.15) is 0 Å².